The van der Waals surface area contributed by atoms with Gasteiger partial charge in [-0.25, -0.2) is 18.4 Å². The van der Waals surface area contributed by atoms with Gasteiger partial charge in [-0.15, -0.1) is 11.3 Å². The van der Waals surface area contributed by atoms with Gasteiger partial charge in [-0.2, -0.15) is 0 Å². The highest BCUT2D eigenvalue weighted by atomic mass is 32.2. The van der Waals surface area contributed by atoms with Crippen molar-refractivity contribution in [3.63, 3.8) is 0 Å². The van der Waals surface area contributed by atoms with Crippen LogP contribution >= 0.6 is 11.3 Å². The summed E-state index contributed by atoms with van der Waals surface area (Å²) in [4.78, 5) is 53.7. The van der Waals surface area contributed by atoms with E-state index in [-0.39, 0.29) is 42.9 Å². The summed E-state index contributed by atoms with van der Waals surface area (Å²) < 4.78 is 40.1. The molecule has 3 N–H and O–H groups in total. The standard InChI is InChI=1S/C40H51N5O7S2/c1-23(2)30-22-53-36(43-30)29-18-34(27-13-14-33(51-5)24(3)35(27)42-29)52-26-17-31-32(46)20-40(38(48)44-54(49,50)39(4)15-16-39)19-25(40)11-9-7-6-8-10-12-28(41)37(47)45(31)21-26/h9,11,13-14,18,22-23,25-26,28,31H,6-8,10,12,15-17,19-21,41H2,1-5H3,(H,44,48)/b11-9-/t25-,26+,28-,31-,40+/m0/s1. The largest absolute Gasteiger partial charge is 0.496 e. The zero-order valence-electron chi connectivity index (χ0n) is 31.7. The number of thiazole rings is 1. The van der Waals surface area contributed by atoms with Crippen LogP contribution in [0.3, 0.4) is 0 Å². The SMILES string of the molecule is COc1ccc2c(O[C@@H]3C[C@H]4C(=O)C[C@]5(C(=O)NS(=O)(=O)C6(C)CC6)C[C@@H]5/C=C\CCCCC[C@H](N)C(=O)N4C3)cc(-c3nc(C(C)C)cs3)nc2c1C. The van der Waals surface area contributed by atoms with Crippen molar-refractivity contribution in [3.8, 4) is 22.2 Å². The van der Waals surface area contributed by atoms with E-state index in [1.807, 2.05) is 42.7 Å². The molecule has 3 fully saturated rings. The minimum atomic E-state index is -3.91. The quantitative estimate of drug-likeness (QED) is 0.260. The number of hydrogen-bond donors (Lipinski definition) is 2. The number of pyridine rings is 1. The maximum Gasteiger partial charge on any atom is 0.240 e. The van der Waals surface area contributed by atoms with Gasteiger partial charge in [-0.3, -0.25) is 19.1 Å². The molecule has 2 aromatic heterocycles. The molecule has 0 unspecified atom stereocenters. The molecule has 4 heterocycles. The van der Waals surface area contributed by atoms with Gasteiger partial charge >= 0.3 is 0 Å². The molecule has 0 radical (unpaired) electrons. The fourth-order valence-corrected chi connectivity index (χ4v) is 10.1. The van der Waals surface area contributed by atoms with Crippen molar-refractivity contribution >= 4 is 49.9 Å². The van der Waals surface area contributed by atoms with Crippen LogP contribution in [0.15, 0.2) is 35.7 Å². The topological polar surface area (TPSA) is 171 Å². The second-order valence-electron chi connectivity index (χ2n) is 16.2. The first-order valence-corrected chi connectivity index (χ1v) is 21.5. The number of carbonyl (C=O) groups is 3. The van der Waals surface area contributed by atoms with Crippen LogP contribution < -0.4 is 19.9 Å². The number of allylic oxidation sites excluding steroid dienone is 2. The number of nitrogens with two attached hydrogens (primary N) is 1. The lowest BCUT2D eigenvalue weighted by atomic mass is 9.91. The predicted octanol–water partition coefficient (Wildman–Crippen LogP) is 5.96. The number of benzene rings is 1. The van der Waals surface area contributed by atoms with E-state index in [2.05, 4.69) is 18.6 Å². The number of nitrogens with one attached hydrogen (secondary N) is 1. The van der Waals surface area contributed by atoms with Crippen LogP contribution in [0.25, 0.3) is 21.6 Å². The van der Waals surface area contributed by atoms with Crippen molar-refractivity contribution in [2.75, 3.05) is 13.7 Å². The number of methoxy groups -OCH3 is 1. The molecule has 14 heteroatoms. The molecule has 0 bridgehead atoms. The zero-order valence-corrected chi connectivity index (χ0v) is 33.4. The Morgan fingerprint density at radius 1 is 1.13 bits per heavy atom. The third-order valence-corrected chi connectivity index (χ3v) is 14.9. The van der Waals surface area contributed by atoms with E-state index in [4.69, 9.17) is 25.2 Å². The van der Waals surface area contributed by atoms with E-state index in [9.17, 15) is 22.8 Å². The molecule has 4 aliphatic rings. The second kappa shape index (κ2) is 14.6. The lowest BCUT2D eigenvalue weighted by molar-refractivity contribution is -0.140. The first-order chi connectivity index (χ1) is 25.7. The summed E-state index contributed by atoms with van der Waals surface area (Å²) in [6, 6.07) is 3.94. The number of ether oxygens (including phenoxy) is 2. The van der Waals surface area contributed by atoms with Crippen LogP contribution in [0.5, 0.6) is 11.5 Å². The Morgan fingerprint density at radius 3 is 2.61 bits per heavy atom. The van der Waals surface area contributed by atoms with Gasteiger partial charge in [0.05, 0.1) is 47.1 Å². The predicted molar refractivity (Wildman–Crippen MR) is 208 cm³/mol. The maximum atomic E-state index is 14.5. The Balaban J connectivity index is 1.21. The molecule has 2 aliphatic heterocycles. The summed E-state index contributed by atoms with van der Waals surface area (Å²) in [6.45, 7) is 7.88. The fraction of sp³-hybridized carbons (Fsp3) is 0.575. The number of Topliss-reactive ketones (excluding diaryl/α,β-unsaturated/α-hetero) is 1. The first-order valence-electron chi connectivity index (χ1n) is 19.1. The molecule has 3 aromatic rings. The summed E-state index contributed by atoms with van der Waals surface area (Å²) in [5, 5.41) is 3.53. The highest BCUT2D eigenvalue weighted by molar-refractivity contribution is 7.91. The van der Waals surface area contributed by atoms with E-state index in [0.717, 1.165) is 47.3 Å². The zero-order chi connectivity index (χ0) is 38.6. The number of aryl methyl sites for hydroxylation is 1. The summed E-state index contributed by atoms with van der Waals surface area (Å²) in [5.74, 6) is -0.0832. The molecule has 2 saturated carbocycles. The molecular formula is C40H51N5O7S2. The van der Waals surface area contributed by atoms with Crippen molar-refractivity contribution in [3.05, 3.63) is 47.0 Å². The lowest BCUT2D eigenvalue weighted by Gasteiger charge is -2.27. The van der Waals surface area contributed by atoms with E-state index >= 15 is 0 Å². The average molecular weight is 778 g/mol. The fourth-order valence-electron chi connectivity index (χ4n) is 7.84. The van der Waals surface area contributed by atoms with E-state index in [1.54, 1.807) is 14.0 Å². The molecule has 0 spiro atoms. The van der Waals surface area contributed by atoms with E-state index in [0.29, 0.717) is 48.4 Å². The molecule has 1 aromatic carbocycles. The van der Waals surface area contributed by atoms with E-state index < -0.39 is 44.3 Å². The monoisotopic (exact) mass is 777 g/mol. The summed E-state index contributed by atoms with van der Waals surface area (Å²) in [7, 11) is -2.30. The Morgan fingerprint density at radius 2 is 1.91 bits per heavy atom. The van der Waals surface area contributed by atoms with Crippen LogP contribution in [0.2, 0.25) is 0 Å². The van der Waals surface area contributed by atoms with Gasteiger partial charge in [0.25, 0.3) is 0 Å². The van der Waals surface area contributed by atoms with Crippen LogP contribution in [0, 0.1) is 18.3 Å². The number of nitrogens with zero attached hydrogens (tertiary/aromatic N) is 3. The highest BCUT2D eigenvalue weighted by Gasteiger charge is 2.62. The van der Waals surface area contributed by atoms with Crippen molar-refractivity contribution in [1.82, 2.24) is 19.6 Å². The number of rotatable bonds is 8. The molecule has 2 amide bonds. The van der Waals surface area contributed by atoms with Crippen LogP contribution in [-0.2, 0) is 24.4 Å². The number of hydrogen-bond acceptors (Lipinski definition) is 11. The molecule has 7 rings (SSSR count). The van der Waals surface area contributed by atoms with Gasteiger partial charge < -0.3 is 20.1 Å². The number of sulfonamides is 1. The van der Waals surface area contributed by atoms with Gasteiger partial charge in [-0.05, 0) is 76.3 Å². The van der Waals surface area contributed by atoms with Crippen LogP contribution in [-0.4, -0.2) is 77.5 Å². The maximum absolute atomic E-state index is 14.5. The molecule has 2 aliphatic carbocycles. The Bertz CT molecular complexity index is 2110. The van der Waals surface area contributed by atoms with Crippen molar-refractivity contribution < 1.29 is 32.3 Å². The van der Waals surface area contributed by atoms with Crippen molar-refractivity contribution in [2.45, 2.75) is 121 Å². The van der Waals surface area contributed by atoms with Gasteiger partial charge in [0.15, 0.2) is 5.78 Å². The van der Waals surface area contributed by atoms with E-state index in [1.165, 1.54) is 16.2 Å². The Kier molecular flexibility index (Phi) is 10.4. The molecule has 1 saturated heterocycles. The third-order valence-electron chi connectivity index (χ3n) is 11.9. The Labute approximate surface area is 321 Å². The van der Waals surface area contributed by atoms with Crippen LogP contribution in [0.4, 0.5) is 0 Å². The van der Waals surface area contributed by atoms with Gasteiger partial charge in [-0.1, -0.05) is 38.8 Å². The van der Waals surface area contributed by atoms with Gasteiger partial charge in [0.1, 0.15) is 28.3 Å². The highest BCUT2D eigenvalue weighted by Crippen LogP contribution is 2.57. The van der Waals surface area contributed by atoms with Crippen molar-refractivity contribution in [2.24, 2.45) is 17.1 Å². The number of aromatic nitrogens is 2. The smallest absolute Gasteiger partial charge is 0.240 e. The summed E-state index contributed by atoms with van der Waals surface area (Å²) >= 11 is 1.51. The minimum Gasteiger partial charge on any atom is -0.496 e. The van der Waals surface area contributed by atoms with Gasteiger partial charge in [0.2, 0.25) is 21.8 Å². The third kappa shape index (κ3) is 7.28. The lowest BCUT2D eigenvalue weighted by Crippen LogP contribution is -2.50. The number of carbonyl (C=O) groups excluding carboxylic acids is 3. The number of amides is 2. The second-order valence-corrected chi connectivity index (χ2v) is 19.2. The van der Waals surface area contributed by atoms with Crippen molar-refractivity contribution in [1.29, 1.82) is 0 Å². The molecular weight excluding hydrogens is 727 g/mol. The summed E-state index contributed by atoms with van der Waals surface area (Å²) in [6.07, 6.45) is 8.54. The number of ketones is 1. The molecule has 12 nitrogen and oxygen atoms in total. The molecule has 290 valence electrons. The first kappa shape index (κ1) is 38.4. The normalized spacial score (nSPS) is 27.8. The summed E-state index contributed by atoms with van der Waals surface area (Å²) in [5.41, 5.74) is 8.43. The number of fused-ring (bicyclic) bond motifs is 3. The van der Waals surface area contributed by atoms with Gasteiger partial charge in [0, 0.05) is 35.2 Å². The molecule has 54 heavy (non-hydrogen) atoms. The Hall–Kier alpha value is -3.88. The molecule has 5 atom stereocenters. The minimum absolute atomic E-state index is 0.126. The average Bonchev–Trinajstić information content (AvgIpc) is 3.90. The van der Waals surface area contributed by atoms with Crippen LogP contribution in [0.1, 0.15) is 102 Å².